The maximum atomic E-state index is 14.3. The predicted molar refractivity (Wildman–Crippen MR) is 282 cm³/mol. The Morgan fingerprint density at radius 1 is 0.688 bits per heavy atom. The van der Waals surface area contributed by atoms with Gasteiger partial charge in [-0.15, -0.1) is 0 Å². The smallest absolute Gasteiger partial charge is 0.326 e. The van der Waals surface area contributed by atoms with Crippen LogP contribution >= 0.6 is 0 Å². The van der Waals surface area contributed by atoms with Gasteiger partial charge in [-0.25, -0.2) is 4.79 Å². The quantitative estimate of drug-likeness (QED) is 0.0184. The summed E-state index contributed by atoms with van der Waals surface area (Å²) in [6.45, 7) is 8.68. The summed E-state index contributed by atoms with van der Waals surface area (Å²) in [6.07, 6.45) is 0.340. The van der Waals surface area contributed by atoms with E-state index in [1.54, 1.807) is 58.0 Å². The van der Waals surface area contributed by atoms with Crippen LogP contribution in [-0.4, -0.2) is 160 Å². The topological polar surface area (TPSA) is 458 Å². The van der Waals surface area contributed by atoms with E-state index in [0.29, 0.717) is 37.8 Å². The van der Waals surface area contributed by atoms with E-state index in [-0.39, 0.29) is 63.5 Å². The molecule has 1 saturated heterocycles. The van der Waals surface area contributed by atoms with Gasteiger partial charge in [-0.1, -0.05) is 70.9 Å². The Balaban J connectivity index is 2.38. The van der Waals surface area contributed by atoms with Crippen LogP contribution in [0.15, 0.2) is 35.3 Å². The fraction of sp³-hybridized carbons (Fsp3) is 0.640. The molecule has 10 atom stereocenters. The molecular weight excluding hydrogens is 1000 g/mol. The second kappa shape index (κ2) is 33.6. The number of rotatable bonds is 35. The van der Waals surface area contributed by atoms with Crippen LogP contribution in [0.3, 0.4) is 0 Å². The van der Waals surface area contributed by atoms with Crippen molar-refractivity contribution in [1.29, 1.82) is 0 Å². The molecule has 27 nitrogen and oxygen atoms in total. The molecule has 1 heterocycles. The first-order chi connectivity index (χ1) is 36.3. The number of carboxylic acids is 2. The lowest BCUT2D eigenvalue weighted by Crippen LogP contribution is -2.61. The van der Waals surface area contributed by atoms with E-state index < -0.39 is 145 Å². The van der Waals surface area contributed by atoms with Gasteiger partial charge in [-0.2, -0.15) is 0 Å². The number of hydrogen-bond donors (Lipinski definition) is 14. The summed E-state index contributed by atoms with van der Waals surface area (Å²) < 4.78 is 0. The average Bonchev–Trinajstić information content (AvgIpc) is 3.86. The monoisotopic (exact) mass is 1090 g/mol. The highest BCUT2D eigenvalue weighted by Crippen LogP contribution is 2.21. The van der Waals surface area contributed by atoms with Gasteiger partial charge in [-0.05, 0) is 82.2 Å². The largest absolute Gasteiger partial charge is 0.481 e. The third-order valence-electron chi connectivity index (χ3n) is 12.8. The summed E-state index contributed by atoms with van der Waals surface area (Å²) in [5.41, 5.74) is 28.5. The Bertz CT molecular complexity index is 2210. The number of aliphatic imine (C=N–C) groups is 1. The van der Waals surface area contributed by atoms with Gasteiger partial charge in [0.25, 0.3) is 0 Å². The molecule has 27 heteroatoms. The molecule has 0 aromatic heterocycles. The number of carbonyl (C=O) groups excluding carboxylic acids is 9. The number of likely N-dealkylation sites (tertiary alicyclic amines) is 1. The Labute approximate surface area is 448 Å². The molecular formula is C50H82N14O13. The van der Waals surface area contributed by atoms with E-state index in [0.717, 1.165) is 4.90 Å². The summed E-state index contributed by atoms with van der Waals surface area (Å²) in [7, 11) is 0. The number of nitrogens with two attached hydrogens (primary N) is 5. The lowest BCUT2D eigenvalue weighted by atomic mass is 9.97. The molecule has 1 aliphatic heterocycles. The van der Waals surface area contributed by atoms with E-state index in [9.17, 15) is 63.0 Å². The van der Waals surface area contributed by atoms with Gasteiger partial charge < -0.3 is 81.0 Å². The minimum atomic E-state index is -1.84. The van der Waals surface area contributed by atoms with Crippen molar-refractivity contribution in [3.05, 3.63) is 35.9 Å². The summed E-state index contributed by atoms with van der Waals surface area (Å²) in [6, 6.07) is -3.55. The minimum absolute atomic E-state index is 0.0288. The molecule has 0 saturated carbocycles. The van der Waals surface area contributed by atoms with Gasteiger partial charge in [0, 0.05) is 25.9 Å². The number of carboxylic acid groups (broad SMARTS) is 2. The Hall–Kier alpha value is -7.42. The number of guanidine groups is 1. The molecule has 430 valence electrons. The number of aliphatic carboxylic acids is 2. The number of benzene rings is 1. The number of unbranched alkanes of at least 4 members (excludes halogenated alkanes) is 1. The molecule has 19 N–H and O–H groups in total. The van der Waals surface area contributed by atoms with Gasteiger partial charge in [0.1, 0.15) is 48.3 Å². The Morgan fingerprint density at radius 2 is 1.29 bits per heavy atom. The van der Waals surface area contributed by atoms with E-state index >= 15 is 0 Å². The van der Waals surface area contributed by atoms with Crippen molar-refractivity contribution in [1.82, 2.24) is 42.1 Å². The summed E-state index contributed by atoms with van der Waals surface area (Å²) in [5, 5.41) is 37.7. The van der Waals surface area contributed by atoms with Crippen molar-refractivity contribution in [3.8, 4) is 0 Å². The van der Waals surface area contributed by atoms with Crippen molar-refractivity contribution in [2.24, 2.45) is 45.5 Å². The molecule has 0 unspecified atom stereocenters. The van der Waals surface area contributed by atoms with Crippen molar-refractivity contribution in [2.45, 2.75) is 172 Å². The fourth-order valence-corrected chi connectivity index (χ4v) is 8.31. The van der Waals surface area contributed by atoms with Gasteiger partial charge >= 0.3 is 11.9 Å². The predicted octanol–water partition coefficient (Wildman–Crippen LogP) is -2.94. The summed E-state index contributed by atoms with van der Waals surface area (Å²) in [5.74, 6) is -11.5. The van der Waals surface area contributed by atoms with Gasteiger partial charge in [0.2, 0.25) is 53.2 Å². The molecule has 1 aromatic rings. The average molecular weight is 1090 g/mol. The molecule has 77 heavy (non-hydrogen) atoms. The third-order valence-corrected chi connectivity index (χ3v) is 12.8. The highest BCUT2D eigenvalue weighted by molar-refractivity contribution is 5.99. The van der Waals surface area contributed by atoms with Crippen molar-refractivity contribution >= 4 is 71.1 Å². The molecule has 0 spiro atoms. The van der Waals surface area contributed by atoms with Gasteiger partial charge in [-0.3, -0.25) is 52.9 Å². The standard InChI is InChI=1S/C50H82N14O13/c1-6-28(4)40(63-41(68)29(5)57-42(69)31(52)16-10-11-21-51)47(74)59-33(19-20-38(53)65)44(71)61-35(26-39(66)67)48(75)64-23-13-18-37(64)46(73)58-32(17-12-22-56-50(54)55)43(70)60-34(24-27(2)3)45(72)62-36(49(76)77)25-30-14-8-7-9-15-30/h7-9,14-15,27-29,31-37,40H,6,10-13,16-26,51-52H2,1-5H3,(H2,53,65)(H,57,69)(H,58,73)(H,59,74)(H,60,70)(H,61,71)(H,62,72)(H,63,68)(H,66,67)(H,76,77)(H4,54,55,56)/t28-,29-,31-,32-,33-,34-,35-,36-,37-,40-/m0/s1. The lowest BCUT2D eigenvalue weighted by Gasteiger charge is -2.31. The van der Waals surface area contributed by atoms with Crippen LogP contribution in [0.5, 0.6) is 0 Å². The zero-order valence-electron chi connectivity index (χ0n) is 44.7. The van der Waals surface area contributed by atoms with Crippen LogP contribution in [0.25, 0.3) is 0 Å². The van der Waals surface area contributed by atoms with Crippen molar-refractivity contribution < 1.29 is 63.0 Å². The maximum absolute atomic E-state index is 14.3. The van der Waals surface area contributed by atoms with Gasteiger partial charge in [0.15, 0.2) is 5.96 Å². The second-order valence-corrected chi connectivity index (χ2v) is 19.7. The van der Waals surface area contributed by atoms with E-state index in [4.69, 9.17) is 28.7 Å². The molecule has 1 aliphatic rings. The first kappa shape index (κ1) is 65.7. The molecule has 9 amide bonds. The zero-order valence-corrected chi connectivity index (χ0v) is 44.7. The Kier molecular flexibility index (Phi) is 28.6. The van der Waals surface area contributed by atoms with Crippen molar-refractivity contribution in [3.63, 3.8) is 0 Å². The van der Waals surface area contributed by atoms with Crippen molar-refractivity contribution in [2.75, 3.05) is 19.6 Å². The molecule has 2 rings (SSSR count). The number of hydrogen-bond acceptors (Lipinski definition) is 14. The molecule has 1 fully saturated rings. The van der Waals surface area contributed by atoms with Crippen LogP contribution in [0, 0.1) is 11.8 Å². The summed E-state index contributed by atoms with van der Waals surface area (Å²) in [4.78, 5) is 152. The van der Waals surface area contributed by atoms with Crippen LogP contribution in [0.2, 0.25) is 0 Å². The van der Waals surface area contributed by atoms with Crippen LogP contribution in [0.1, 0.15) is 117 Å². The van der Waals surface area contributed by atoms with Crippen LogP contribution < -0.4 is 65.9 Å². The minimum Gasteiger partial charge on any atom is -0.481 e. The normalized spacial score (nSPS) is 16.6. The van der Waals surface area contributed by atoms with Gasteiger partial charge in [0.05, 0.1) is 12.5 Å². The number of primary amides is 1. The summed E-state index contributed by atoms with van der Waals surface area (Å²) >= 11 is 0. The second-order valence-electron chi connectivity index (χ2n) is 19.7. The lowest BCUT2D eigenvalue weighted by molar-refractivity contribution is -0.146. The number of carbonyl (C=O) groups is 11. The third kappa shape index (κ3) is 23.6. The van der Waals surface area contributed by atoms with E-state index in [1.807, 2.05) is 0 Å². The van der Waals surface area contributed by atoms with E-state index in [2.05, 4.69) is 42.2 Å². The first-order valence-corrected chi connectivity index (χ1v) is 26.0. The SMILES string of the molecule is CC[C@H](C)[C@H](NC(=O)[C@H](C)NC(=O)[C@@H](N)CCCCN)C(=O)N[C@@H](CCC(N)=O)C(=O)N[C@@H](CC(=O)O)C(=O)N1CCC[C@H]1C(=O)N[C@@H](CCCN=C(N)N)C(=O)N[C@@H](CC(C)C)C(=O)N[C@@H](Cc1ccccc1)C(=O)O. The number of nitrogens with one attached hydrogen (secondary N) is 7. The Morgan fingerprint density at radius 3 is 1.86 bits per heavy atom. The fourth-order valence-electron chi connectivity index (χ4n) is 8.31. The molecule has 0 radical (unpaired) electrons. The number of nitrogens with zero attached hydrogens (tertiary/aromatic N) is 2. The van der Waals surface area contributed by atoms with Crippen LogP contribution in [0.4, 0.5) is 0 Å². The number of amides is 9. The first-order valence-electron chi connectivity index (χ1n) is 26.0. The molecule has 1 aromatic carbocycles. The van der Waals surface area contributed by atoms with Crippen LogP contribution in [-0.2, 0) is 59.2 Å². The molecule has 0 aliphatic carbocycles. The highest BCUT2D eigenvalue weighted by Gasteiger charge is 2.41. The van der Waals surface area contributed by atoms with E-state index in [1.165, 1.54) is 6.92 Å². The molecule has 0 bridgehead atoms. The maximum Gasteiger partial charge on any atom is 0.326 e. The highest BCUT2D eigenvalue weighted by atomic mass is 16.4. The zero-order chi connectivity index (χ0) is 57.9.